The number of benzene rings is 1. The molecule has 0 saturated heterocycles. The van der Waals surface area contributed by atoms with Crippen molar-refractivity contribution in [3.8, 4) is 5.75 Å². The van der Waals surface area contributed by atoms with Crippen LogP contribution in [0.15, 0.2) is 29.4 Å². The predicted molar refractivity (Wildman–Crippen MR) is 71.3 cm³/mol. The van der Waals surface area contributed by atoms with Crippen molar-refractivity contribution in [1.82, 2.24) is 0 Å². The Labute approximate surface area is 116 Å². The summed E-state index contributed by atoms with van der Waals surface area (Å²) in [4.78, 5) is 26.6. The number of carbonyl (C=O) groups excluding carboxylic acids is 2. The summed E-state index contributed by atoms with van der Waals surface area (Å²) in [5, 5.41) is 3.61. The Bertz CT molecular complexity index is 484. The molecule has 0 aliphatic carbocycles. The van der Waals surface area contributed by atoms with Gasteiger partial charge in [0, 0.05) is 0 Å². The van der Waals surface area contributed by atoms with E-state index in [0.717, 1.165) is 11.3 Å². The first kappa shape index (κ1) is 15.5. The normalized spacial score (nSPS) is 11.9. The quantitative estimate of drug-likeness (QED) is 0.444. The second-order valence-electron chi connectivity index (χ2n) is 3.82. The van der Waals surface area contributed by atoms with Gasteiger partial charge in [0.05, 0.1) is 13.3 Å². The van der Waals surface area contributed by atoms with Crippen molar-refractivity contribution in [3.63, 3.8) is 0 Å². The number of methoxy groups -OCH3 is 1. The zero-order valence-corrected chi connectivity index (χ0v) is 11.2. The highest BCUT2D eigenvalue weighted by Crippen LogP contribution is 2.09. The first-order chi connectivity index (χ1) is 9.52. The van der Waals surface area contributed by atoms with Gasteiger partial charge in [0.25, 0.3) is 5.91 Å². The average Bonchev–Trinajstić information content (AvgIpc) is 2.44. The van der Waals surface area contributed by atoms with Gasteiger partial charge in [0.1, 0.15) is 5.75 Å². The number of nitrogens with zero attached hydrogens (tertiary/aromatic N) is 1. The molecule has 1 unspecified atom stereocenters. The van der Waals surface area contributed by atoms with Crippen molar-refractivity contribution in [3.05, 3.63) is 29.8 Å². The van der Waals surface area contributed by atoms with Gasteiger partial charge in [0.2, 0.25) is 6.61 Å². The molecule has 2 N–H and O–H groups in total. The average molecular weight is 280 g/mol. The lowest BCUT2D eigenvalue weighted by molar-refractivity contribution is -0.158. The molecule has 0 aliphatic rings. The summed E-state index contributed by atoms with van der Waals surface area (Å²) < 4.78 is 9.67. The fraction of sp³-hybridized carbons (Fsp3) is 0.308. The molecular weight excluding hydrogens is 264 g/mol. The maximum absolute atomic E-state index is 11.2. The van der Waals surface area contributed by atoms with E-state index in [1.165, 1.54) is 13.1 Å². The first-order valence-corrected chi connectivity index (χ1v) is 5.81. The SMILES string of the molecule is COc1ccc(C=NOCC(=O)OC(C)C(N)=O)cc1. The van der Waals surface area contributed by atoms with Crippen molar-refractivity contribution >= 4 is 18.1 Å². The Morgan fingerprint density at radius 1 is 1.35 bits per heavy atom. The molecule has 7 heteroatoms. The van der Waals surface area contributed by atoms with Gasteiger partial charge in [-0.3, -0.25) is 4.79 Å². The van der Waals surface area contributed by atoms with Crippen molar-refractivity contribution in [2.24, 2.45) is 10.9 Å². The van der Waals surface area contributed by atoms with Crippen LogP contribution in [0.5, 0.6) is 5.75 Å². The maximum atomic E-state index is 11.2. The van der Waals surface area contributed by atoms with E-state index < -0.39 is 24.6 Å². The van der Waals surface area contributed by atoms with E-state index in [1.54, 1.807) is 31.4 Å². The lowest BCUT2D eigenvalue weighted by atomic mass is 10.2. The largest absolute Gasteiger partial charge is 0.497 e. The highest BCUT2D eigenvalue weighted by Gasteiger charge is 2.14. The molecule has 0 bridgehead atoms. The van der Waals surface area contributed by atoms with Gasteiger partial charge in [-0.2, -0.15) is 0 Å². The van der Waals surface area contributed by atoms with Crippen LogP contribution in [0, 0.1) is 0 Å². The topological polar surface area (TPSA) is 100 Å². The molecule has 0 radical (unpaired) electrons. The summed E-state index contributed by atoms with van der Waals surface area (Å²) in [6, 6.07) is 7.09. The lowest BCUT2D eigenvalue weighted by Gasteiger charge is -2.08. The number of carbonyl (C=O) groups is 2. The van der Waals surface area contributed by atoms with Gasteiger partial charge in [-0.25, -0.2) is 4.79 Å². The van der Waals surface area contributed by atoms with Crippen LogP contribution in [0.4, 0.5) is 0 Å². The standard InChI is InChI=1S/C13H16N2O5/c1-9(13(14)17)20-12(16)8-19-15-7-10-3-5-11(18-2)6-4-10/h3-7,9H,8H2,1-2H3,(H2,14,17). The molecule has 0 aromatic heterocycles. The third-order valence-corrected chi connectivity index (χ3v) is 2.28. The van der Waals surface area contributed by atoms with E-state index in [9.17, 15) is 9.59 Å². The summed E-state index contributed by atoms with van der Waals surface area (Å²) >= 11 is 0. The minimum absolute atomic E-state index is 0.399. The van der Waals surface area contributed by atoms with Crippen molar-refractivity contribution < 1.29 is 23.9 Å². The van der Waals surface area contributed by atoms with Crippen LogP contribution in [-0.2, 0) is 19.2 Å². The molecule has 1 aromatic carbocycles. The number of hydrogen-bond acceptors (Lipinski definition) is 6. The minimum atomic E-state index is -0.989. The van der Waals surface area contributed by atoms with Crippen LogP contribution in [0.1, 0.15) is 12.5 Å². The van der Waals surface area contributed by atoms with Crippen LogP contribution >= 0.6 is 0 Å². The van der Waals surface area contributed by atoms with Crippen molar-refractivity contribution in [1.29, 1.82) is 0 Å². The first-order valence-electron chi connectivity index (χ1n) is 5.81. The van der Waals surface area contributed by atoms with E-state index in [-0.39, 0.29) is 0 Å². The minimum Gasteiger partial charge on any atom is -0.497 e. The van der Waals surface area contributed by atoms with Gasteiger partial charge >= 0.3 is 5.97 Å². The monoisotopic (exact) mass is 280 g/mol. The van der Waals surface area contributed by atoms with Crippen LogP contribution in [-0.4, -0.2) is 37.9 Å². The number of esters is 1. The van der Waals surface area contributed by atoms with Gasteiger partial charge in [0.15, 0.2) is 6.10 Å². The molecule has 7 nitrogen and oxygen atoms in total. The molecule has 1 atom stereocenters. The predicted octanol–water partition coefficient (Wildman–Crippen LogP) is 0.463. The molecule has 20 heavy (non-hydrogen) atoms. The number of nitrogens with two attached hydrogens (primary N) is 1. The lowest BCUT2D eigenvalue weighted by Crippen LogP contribution is -2.31. The second kappa shape index (κ2) is 7.78. The van der Waals surface area contributed by atoms with Crippen LogP contribution in [0.25, 0.3) is 0 Å². The number of primary amides is 1. The third-order valence-electron chi connectivity index (χ3n) is 2.28. The summed E-state index contributed by atoms with van der Waals surface area (Å²) in [5.41, 5.74) is 5.72. The second-order valence-corrected chi connectivity index (χ2v) is 3.82. The number of hydrogen-bond donors (Lipinski definition) is 1. The van der Waals surface area contributed by atoms with E-state index in [2.05, 4.69) is 9.89 Å². The molecule has 1 aromatic rings. The third kappa shape index (κ3) is 5.38. The molecule has 1 rings (SSSR count). The Balaban J connectivity index is 2.34. The van der Waals surface area contributed by atoms with Gasteiger partial charge in [-0.1, -0.05) is 5.16 Å². The Kier molecular flexibility index (Phi) is 6.02. The zero-order valence-electron chi connectivity index (χ0n) is 11.2. The number of ether oxygens (including phenoxy) is 2. The molecule has 0 spiro atoms. The highest BCUT2D eigenvalue weighted by atomic mass is 16.7. The maximum Gasteiger partial charge on any atom is 0.347 e. The molecule has 0 aliphatic heterocycles. The summed E-state index contributed by atoms with van der Waals surface area (Å²) in [6.45, 7) is 0.977. The Morgan fingerprint density at radius 2 is 2.00 bits per heavy atom. The summed E-state index contributed by atoms with van der Waals surface area (Å²) in [5.74, 6) is -0.713. The fourth-order valence-electron chi connectivity index (χ4n) is 1.17. The summed E-state index contributed by atoms with van der Waals surface area (Å²) in [6.07, 6.45) is 0.446. The van der Waals surface area contributed by atoms with Crippen molar-refractivity contribution in [2.45, 2.75) is 13.0 Å². The molecular formula is C13H16N2O5. The van der Waals surface area contributed by atoms with Crippen molar-refractivity contribution in [2.75, 3.05) is 13.7 Å². The molecule has 1 amide bonds. The number of oxime groups is 1. The van der Waals surface area contributed by atoms with Gasteiger partial charge in [-0.15, -0.1) is 0 Å². The number of amides is 1. The Hall–Kier alpha value is -2.57. The van der Waals surface area contributed by atoms with E-state index in [4.69, 9.17) is 15.3 Å². The zero-order chi connectivity index (χ0) is 15.0. The summed E-state index contributed by atoms with van der Waals surface area (Å²) in [7, 11) is 1.57. The van der Waals surface area contributed by atoms with Gasteiger partial charge in [-0.05, 0) is 36.8 Å². The highest BCUT2D eigenvalue weighted by molar-refractivity contribution is 5.82. The van der Waals surface area contributed by atoms with E-state index >= 15 is 0 Å². The van der Waals surface area contributed by atoms with Crippen LogP contribution in [0.2, 0.25) is 0 Å². The fourth-order valence-corrected chi connectivity index (χ4v) is 1.17. The number of rotatable bonds is 7. The molecule has 0 heterocycles. The molecule has 108 valence electrons. The van der Waals surface area contributed by atoms with E-state index in [1.807, 2.05) is 0 Å². The van der Waals surface area contributed by atoms with Gasteiger partial charge < -0.3 is 20.0 Å². The van der Waals surface area contributed by atoms with Crippen LogP contribution in [0.3, 0.4) is 0 Å². The Morgan fingerprint density at radius 3 is 2.55 bits per heavy atom. The molecule has 0 fully saturated rings. The van der Waals surface area contributed by atoms with E-state index in [0.29, 0.717) is 0 Å². The van der Waals surface area contributed by atoms with Crippen LogP contribution < -0.4 is 10.5 Å². The molecule has 0 saturated carbocycles. The smallest absolute Gasteiger partial charge is 0.347 e.